The van der Waals surface area contributed by atoms with Gasteiger partial charge < -0.3 is 10.2 Å². The summed E-state index contributed by atoms with van der Waals surface area (Å²) in [6, 6.07) is 7.36. The molecule has 3 amide bonds. The van der Waals surface area contributed by atoms with Crippen LogP contribution in [-0.2, 0) is 14.4 Å². The van der Waals surface area contributed by atoms with E-state index in [0.29, 0.717) is 25.1 Å². The molecule has 1 atom stereocenters. The number of imide groups is 1. The fourth-order valence-corrected chi connectivity index (χ4v) is 3.80. The summed E-state index contributed by atoms with van der Waals surface area (Å²) in [6.07, 6.45) is 3.28. The third-order valence-electron chi connectivity index (χ3n) is 5.47. The maximum absolute atomic E-state index is 12.4. The first-order valence-corrected chi connectivity index (χ1v) is 10.2. The van der Waals surface area contributed by atoms with Gasteiger partial charge in [0, 0.05) is 38.3 Å². The number of hydrogen-bond acceptors (Lipinski definition) is 5. The first-order chi connectivity index (χ1) is 13.5. The SMILES string of the molecule is CCCCN1CCN(CC(=O)Nc2cccc(C3CCC(=O)NC3=O)c2)CC1. The molecule has 0 aromatic heterocycles. The molecule has 152 valence electrons. The van der Waals surface area contributed by atoms with Crippen LogP contribution in [0.4, 0.5) is 5.69 Å². The quantitative estimate of drug-likeness (QED) is 0.695. The second kappa shape index (κ2) is 9.80. The Morgan fingerprint density at radius 2 is 1.93 bits per heavy atom. The van der Waals surface area contributed by atoms with Crippen LogP contribution in [0.1, 0.15) is 44.1 Å². The number of anilines is 1. The molecule has 2 heterocycles. The summed E-state index contributed by atoms with van der Waals surface area (Å²) in [7, 11) is 0. The molecule has 3 rings (SSSR count). The lowest BCUT2D eigenvalue weighted by Gasteiger charge is -2.34. The smallest absolute Gasteiger partial charge is 0.238 e. The summed E-state index contributed by atoms with van der Waals surface area (Å²) in [5.41, 5.74) is 1.51. The number of benzene rings is 1. The Hall–Kier alpha value is -2.25. The van der Waals surface area contributed by atoms with Crippen molar-refractivity contribution in [2.75, 3.05) is 44.6 Å². The largest absolute Gasteiger partial charge is 0.325 e. The van der Waals surface area contributed by atoms with Gasteiger partial charge in [0.2, 0.25) is 17.7 Å². The highest BCUT2D eigenvalue weighted by Crippen LogP contribution is 2.26. The first-order valence-electron chi connectivity index (χ1n) is 10.2. The van der Waals surface area contributed by atoms with Gasteiger partial charge in [-0.3, -0.25) is 24.6 Å². The number of hydrogen-bond donors (Lipinski definition) is 2. The zero-order chi connectivity index (χ0) is 19.9. The number of piperidine rings is 1. The van der Waals surface area contributed by atoms with Crippen molar-refractivity contribution in [3.63, 3.8) is 0 Å². The Morgan fingerprint density at radius 3 is 2.64 bits per heavy atom. The molecule has 0 radical (unpaired) electrons. The van der Waals surface area contributed by atoms with Crippen molar-refractivity contribution in [1.82, 2.24) is 15.1 Å². The van der Waals surface area contributed by atoms with E-state index in [1.807, 2.05) is 24.3 Å². The van der Waals surface area contributed by atoms with Crippen LogP contribution in [0.3, 0.4) is 0 Å². The van der Waals surface area contributed by atoms with Crippen molar-refractivity contribution in [2.24, 2.45) is 0 Å². The van der Waals surface area contributed by atoms with E-state index in [1.54, 1.807) is 0 Å². The molecule has 1 aromatic carbocycles. The van der Waals surface area contributed by atoms with Crippen LogP contribution in [-0.4, -0.2) is 66.8 Å². The lowest BCUT2D eigenvalue weighted by Crippen LogP contribution is -2.48. The molecule has 2 N–H and O–H groups in total. The van der Waals surface area contributed by atoms with Crippen LogP contribution < -0.4 is 10.6 Å². The summed E-state index contributed by atoms with van der Waals surface area (Å²) >= 11 is 0. The van der Waals surface area contributed by atoms with Crippen LogP contribution in [0.15, 0.2) is 24.3 Å². The standard InChI is InChI=1S/C21H30N4O3/c1-2-3-9-24-10-12-25(13-11-24)15-20(27)22-17-6-4-5-16(14-17)18-7-8-19(26)23-21(18)28/h4-6,14,18H,2-3,7-13,15H2,1H3,(H,22,27)(H,23,26,28). The van der Waals surface area contributed by atoms with Crippen molar-refractivity contribution in [3.8, 4) is 0 Å². The van der Waals surface area contributed by atoms with Gasteiger partial charge in [-0.25, -0.2) is 0 Å². The van der Waals surface area contributed by atoms with Gasteiger partial charge in [0.05, 0.1) is 12.5 Å². The summed E-state index contributed by atoms with van der Waals surface area (Å²) in [6.45, 7) is 7.57. The zero-order valence-corrected chi connectivity index (χ0v) is 16.6. The Bertz CT molecular complexity index is 713. The minimum atomic E-state index is -0.342. The van der Waals surface area contributed by atoms with Crippen LogP contribution >= 0.6 is 0 Å². The summed E-state index contributed by atoms with van der Waals surface area (Å²) < 4.78 is 0. The molecule has 2 saturated heterocycles. The highest BCUT2D eigenvalue weighted by atomic mass is 16.2. The van der Waals surface area contributed by atoms with E-state index in [2.05, 4.69) is 27.4 Å². The molecule has 1 unspecified atom stereocenters. The van der Waals surface area contributed by atoms with Crippen molar-refractivity contribution in [1.29, 1.82) is 0 Å². The highest BCUT2D eigenvalue weighted by Gasteiger charge is 2.28. The Labute approximate surface area is 166 Å². The van der Waals surface area contributed by atoms with Gasteiger partial charge >= 0.3 is 0 Å². The van der Waals surface area contributed by atoms with Crippen LogP contribution in [0.2, 0.25) is 0 Å². The number of unbranched alkanes of at least 4 members (excludes halogenated alkanes) is 1. The number of rotatable bonds is 7. The molecule has 0 spiro atoms. The first kappa shape index (κ1) is 20.5. The lowest BCUT2D eigenvalue weighted by atomic mass is 9.90. The van der Waals surface area contributed by atoms with Gasteiger partial charge in [0.1, 0.15) is 0 Å². The van der Waals surface area contributed by atoms with Gasteiger partial charge in [0.15, 0.2) is 0 Å². The molecule has 1 aromatic rings. The number of carbonyl (C=O) groups is 3. The predicted molar refractivity (Wildman–Crippen MR) is 108 cm³/mol. The van der Waals surface area contributed by atoms with Gasteiger partial charge in [-0.05, 0) is 37.1 Å². The van der Waals surface area contributed by atoms with Crippen molar-refractivity contribution in [2.45, 2.75) is 38.5 Å². The van der Waals surface area contributed by atoms with Gasteiger partial charge in [-0.2, -0.15) is 0 Å². The van der Waals surface area contributed by atoms with Crippen LogP contribution in [0.5, 0.6) is 0 Å². The molecular formula is C21H30N4O3. The number of nitrogens with one attached hydrogen (secondary N) is 2. The van der Waals surface area contributed by atoms with Crippen LogP contribution in [0.25, 0.3) is 0 Å². The monoisotopic (exact) mass is 386 g/mol. The fourth-order valence-electron chi connectivity index (χ4n) is 3.80. The molecule has 2 aliphatic rings. The third kappa shape index (κ3) is 5.62. The average molecular weight is 386 g/mol. The van der Waals surface area contributed by atoms with E-state index in [-0.39, 0.29) is 23.6 Å². The van der Waals surface area contributed by atoms with Gasteiger partial charge in [-0.15, -0.1) is 0 Å². The summed E-state index contributed by atoms with van der Waals surface area (Å²) in [5, 5.41) is 5.33. The summed E-state index contributed by atoms with van der Waals surface area (Å²) in [4.78, 5) is 40.5. The van der Waals surface area contributed by atoms with Crippen LogP contribution in [0, 0.1) is 0 Å². The Kier molecular flexibility index (Phi) is 7.17. The topological polar surface area (TPSA) is 81.8 Å². The van der Waals surface area contributed by atoms with E-state index in [4.69, 9.17) is 0 Å². The molecule has 28 heavy (non-hydrogen) atoms. The van der Waals surface area contributed by atoms with E-state index in [0.717, 1.165) is 38.3 Å². The van der Waals surface area contributed by atoms with Crippen molar-refractivity contribution >= 4 is 23.4 Å². The molecule has 7 heteroatoms. The van der Waals surface area contributed by atoms with Gasteiger partial charge in [0.25, 0.3) is 0 Å². The maximum Gasteiger partial charge on any atom is 0.238 e. The molecule has 2 aliphatic heterocycles. The maximum atomic E-state index is 12.4. The van der Waals surface area contributed by atoms with Crippen molar-refractivity contribution in [3.05, 3.63) is 29.8 Å². The zero-order valence-electron chi connectivity index (χ0n) is 16.6. The normalized spacial score (nSPS) is 21.4. The predicted octanol–water partition coefficient (Wildman–Crippen LogP) is 1.56. The number of carbonyl (C=O) groups excluding carboxylic acids is 3. The molecular weight excluding hydrogens is 356 g/mol. The highest BCUT2D eigenvalue weighted by molar-refractivity contribution is 6.01. The van der Waals surface area contributed by atoms with E-state index in [1.165, 1.54) is 12.8 Å². The lowest BCUT2D eigenvalue weighted by molar-refractivity contribution is -0.134. The molecule has 7 nitrogen and oxygen atoms in total. The molecule has 0 aliphatic carbocycles. The number of piperazine rings is 1. The molecule has 2 fully saturated rings. The van der Waals surface area contributed by atoms with Crippen molar-refractivity contribution < 1.29 is 14.4 Å². The molecule has 0 saturated carbocycles. The number of nitrogens with zero attached hydrogens (tertiary/aromatic N) is 2. The second-order valence-electron chi connectivity index (χ2n) is 7.65. The fraction of sp³-hybridized carbons (Fsp3) is 0.571. The average Bonchev–Trinajstić information content (AvgIpc) is 2.67. The van der Waals surface area contributed by atoms with E-state index in [9.17, 15) is 14.4 Å². The Morgan fingerprint density at radius 1 is 1.18 bits per heavy atom. The summed E-state index contributed by atoms with van der Waals surface area (Å²) in [5.74, 6) is -0.866. The number of amides is 3. The van der Waals surface area contributed by atoms with E-state index < -0.39 is 0 Å². The van der Waals surface area contributed by atoms with Gasteiger partial charge in [-0.1, -0.05) is 25.5 Å². The Balaban J connectivity index is 1.50. The molecule has 0 bridgehead atoms. The minimum absolute atomic E-state index is 0.0394. The minimum Gasteiger partial charge on any atom is -0.325 e. The van der Waals surface area contributed by atoms with E-state index >= 15 is 0 Å². The third-order valence-corrected chi connectivity index (χ3v) is 5.47. The second-order valence-corrected chi connectivity index (χ2v) is 7.65.